The second-order valence-corrected chi connectivity index (χ2v) is 7.50. The van der Waals surface area contributed by atoms with E-state index in [1.807, 2.05) is 55.5 Å². The van der Waals surface area contributed by atoms with Gasteiger partial charge in [-0.1, -0.05) is 48.0 Å². The topological polar surface area (TPSA) is 58.6 Å². The Balaban J connectivity index is 1.57. The maximum atomic E-state index is 13.1. The van der Waals surface area contributed by atoms with Gasteiger partial charge in [0.15, 0.2) is 0 Å². The lowest BCUT2D eigenvalue weighted by molar-refractivity contribution is -0.117. The van der Waals surface area contributed by atoms with Gasteiger partial charge in [0.2, 0.25) is 5.91 Å². The first-order valence-corrected chi connectivity index (χ1v) is 9.94. The minimum atomic E-state index is -0.344. The SMILES string of the molecule is COc1ccc(NC(=O)CC(c2ccc(C)cc2)N2Cc3ccccc3C2=O)cc1. The van der Waals surface area contributed by atoms with Gasteiger partial charge in [0.05, 0.1) is 19.6 Å². The van der Waals surface area contributed by atoms with E-state index >= 15 is 0 Å². The van der Waals surface area contributed by atoms with Crippen LogP contribution in [0.5, 0.6) is 5.75 Å². The highest BCUT2D eigenvalue weighted by molar-refractivity contribution is 5.99. The molecule has 0 aromatic heterocycles. The molecule has 4 rings (SSSR count). The van der Waals surface area contributed by atoms with Crippen molar-refractivity contribution >= 4 is 17.5 Å². The largest absolute Gasteiger partial charge is 0.497 e. The molecule has 1 atom stereocenters. The van der Waals surface area contributed by atoms with Gasteiger partial charge < -0.3 is 15.0 Å². The van der Waals surface area contributed by atoms with Crippen LogP contribution in [-0.4, -0.2) is 23.8 Å². The van der Waals surface area contributed by atoms with Crippen molar-refractivity contribution in [3.05, 3.63) is 95.1 Å². The molecule has 5 nitrogen and oxygen atoms in total. The average Bonchev–Trinajstić information content (AvgIpc) is 3.10. The molecule has 0 spiro atoms. The van der Waals surface area contributed by atoms with Crippen molar-refractivity contribution in [3.63, 3.8) is 0 Å². The molecule has 5 heteroatoms. The summed E-state index contributed by atoms with van der Waals surface area (Å²) in [7, 11) is 1.60. The number of nitrogens with zero attached hydrogens (tertiary/aromatic N) is 1. The van der Waals surface area contributed by atoms with Crippen LogP contribution in [0.3, 0.4) is 0 Å². The molecule has 0 fully saturated rings. The number of benzene rings is 3. The summed E-state index contributed by atoms with van der Waals surface area (Å²) < 4.78 is 5.16. The number of ether oxygens (including phenoxy) is 1. The van der Waals surface area contributed by atoms with E-state index < -0.39 is 0 Å². The van der Waals surface area contributed by atoms with Crippen LogP contribution in [0.2, 0.25) is 0 Å². The van der Waals surface area contributed by atoms with Gasteiger partial charge in [-0.3, -0.25) is 9.59 Å². The number of carbonyl (C=O) groups is 2. The minimum Gasteiger partial charge on any atom is -0.497 e. The van der Waals surface area contributed by atoms with Crippen LogP contribution in [0.25, 0.3) is 0 Å². The third-order valence-corrected chi connectivity index (χ3v) is 5.44. The van der Waals surface area contributed by atoms with Gasteiger partial charge in [-0.05, 0) is 48.4 Å². The molecule has 0 aliphatic carbocycles. The van der Waals surface area contributed by atoms with Crippen LogP contribution in [0.1, 0.15) is 39.5 Å². The van der Waals surface area contributed by atoms with Gasteiger partial charge in [-0.25, -0.2) is 0 Å². The highest BCUT2D eigenvalue weighted by Crippen LogP contribution is 2.34. The molecular formula is C25H24N2O3. The fourth-order valence-corrected chi connectivity index (χ4v) is 3.79. The van der Waals surface area contributed by atoms with Crippen molar-refractivity contribution in [2.75, 3.05) is 12.4 Å². The second kappa shape index (κ2) is 8.41. The smallest absolute Gasteiger partial charge is 0.255 e. The number of amides is 2. The van der Waals surface area contributed by atoms with Crippen molar-refractivity contribution in [2.45, 2.75) is 25.9 Å². The van der Waals surface area contributed by atoms with Crippen molar-refractivity contribution < 1.29 is 14.3 Å². The molecule has 3 aromatic carbocycles. The number of hydrogen-bond acceptors (Lipinski definition) is 3. The van der Waals surface area contributed by atoms with E-state index in [1.165, 1.54) is 0 Å². The molecule has 2 amide bonds. The number of fused-ring (bicyclic) bond motifs is 1. The number of hydrogen-bond donors (Lipinski definition) is 1. The van der Waals surface area contributed by atoms with Gasteiger partial charge in [0.1, 0.15) is 5.75 Å². The number of rotatable bonds is 6. The molecule has 30 heavy (non-hydrogen) atoms. The molecule has 3 aromatic rings. The van der Waals surface area contributed by atoms with E-state index in [2.05, 4.69) is 5.32 Å². The Morgan fingerprint density at radius 2 is 1.73 bits per heavy atom. The normalized spacial score (nSPS) is 13.7. The molecule has 0 radical (unpaired) electrons. The predicted octanol–water partition coefficient (Wildman–Crippen LogP) is 4.73. The third kappa shape index (κ3) is 4.06. The Morgan fingerprint density at radius 3 is 2.40 bits per heavy atom. The van der Waals surface area contributed by atoms with Gasteiger partial charge >= 0.3 is 0 Å². The van der Waals surface area contributed by atoms with Crippen LogP contribution < -0.4 is 10.1 Å². The first-order valence-electron chi connectivity index (χ1n) is 9.94. The van der Waals surface area contributed by atoms with Crippen LogP contribution in [-0.2, 0) is 11.3 Å². The Labute approximate surface area is 176 Å². The number of aryl methyl sites for hydroxylation is 1. The van der Waals surface area contributed by atoms with E-state index in [-0.39, 0.29) is 24.3 Å². The Kier molecular flexibility index (Phi) is 5.53. The van der Waals surface area contributed by atoms with E-state index in [9.17, 15) is 9.59 Å². The Hall–Kier alpha value is -3.60. The molecule has 1 heterocycles. The van der Waals surface area contributed by atoms with Gasteiger partial charge in [0.25, 0.3) is 5.91 Å². The average molecular weight is 400 g/mol. The quantitative estimate of drug-likeness (QED) is 0.651. The number of nitrogens with one attached hydrogen (secondary N) is 1. The van der Waals surface area contributed by atoms with Crippen molar-refractivity contribution in [2.24, 2.45) is 0 Å². The molecule has 1 unspecified atom stereocenters. The first-order chi connectivity index (χ1) is 14.5. The lowest BCUT2D eigenvalue weighted by Gasteiger charge is -2.28. The van der Waals surface area contributed by atoms with Crippen LogP contribution in [0.15, 0.2) is 72.8 Å². The van der Waals surface area contributed by atoms with Gasteiger partial charge in [-0.15, -0.1) is 0 Å². The summed E-state index contributed by atoms with van der Waals surface area (Å²) in [6.07, 6.45) is 0.175. The molecule has 152 valence electrons. The Morgan fingerprint density at radius 1 is 1.03 bits per heavy atom. The predicted molar refractivity (Wildman–Crippen MR) is 116 cm³/mol. The highest BCUT2D eigenvalue weighted by atomic mass is 16.5. The summed E-state index contributed by atoms with van der Waals surface area (Å²) in [5.41, 5.74) is 4.49. The zero-order valence-electron chi connectivity index (χ0n) is 17.1. The summed E-state index contributed by atoms with van der Waals surface area (Å²) in [6.45, 7) is 2.52. The van der Waals surface area contributed by atoms with Crippen molar-refractivity contribution in [1.82, 2.24) is 4.90 Å². The molecule has 0 bridgehead atoms. The number of carbonyl (C=O) groups excluding carboxylic acids is 2. The maximum Gasteiger partial charge on any atom is 0.255 e. The summed E-state index contributed by atoms with van der Waals surface area (Å²) in [5.74, 6) is 0.550. The molecule has 0 saturated carbocycles. The van der Waals surface area contributed by atoms with Crippen LogP contribution in [0.4, 0.5) is 5.69 Å². The summed E-state index contributed by atoms with van der Waals surface area (Å²) in [4.78, 5) is 27.7. The molecule has 0 saturated heterocycles. The van der Waals surface area contributed by atoms with E-state index in [0.717, 1.165) is 22.4 Å². The first kappa shape index (κ1) is 19.7. The standard InChI is InChI=1S/C25H24N2O3/c1-17-7-9-18(10-8-17)23(27-16-19-5-3-4-6-22(19)25(27)29)15-24(28)26-20-11-13-21(30-2)14-12-20/h3-14,23H,15-16H2,1-2H3,(H,26,28). The van der Waals surface area contributed by atoms with Crippen molar-refractivity contribution in [1.29, 1.82) is 0 Å². The van der Waals surface area contributed by atoms with E-state index in [0.29, 0.717) is 17.8 Å². The molecule has 1 aliphatic rings. The Bertz CT molecular complexity index is 1060. The van der Waals surface area contributed by atoms with Crippen LogP contribution >= 0.6 is 0 Å². The number of methoxy groups -OCH3 is 1. The fraction of sp³-hybridized carbons (Fsp3) is 0.200. The fourth-order valence-electron chi connectivity index (χ4n) is 3.79. The summed E-state index contributed by atoms with van der Waals surface area (Å²) in [6, 6.07) is 22.5. The lowest BCUT2D eigenvalue weighted by atomic mass is 10.00. The molecule has 1 aliphatic heterocycles. The van der Waals surface area contributed by atoms with Gasteiger partial charge in [-0.2, -0.15) is 0 Å². The van der Waals surface area contributed by atoms with E-state index in [4.69, 9.17) is 4.74 Å². The zero-order valence-corrected chi connectivity index (χ0v) is 17.1. The van der Waals surface area contributed by atoms with Gasteiger partial charge in [0, 0.05) is 17.8 Å². The van der Waals surface area contributed by atoms with E-state index in [1.54, 1.807) is 36.3 Å². The summed E-state index contributed by atoms with van der Waals surface area (Å²) in [5, 5.41) is 2.93. The number of anilines is 1. The summed E-state index contributed by atoms with van der Waals surface area (Å²) >= 11 is 0. The second-order valence-electron chi connectivity index (χ2n) is 7.50. The van der Waals surface area contributed by atoms with Crippen LogP contribution in [0, 0.1) is 6.92 Å². The zero-order chi connectivity index (χ0) is 21.1. The molecule has 1 N–H and O–H groups in total. The lowest BCUT2D eigenvalue weighted by Crippen LogP contribution is -2.32. The molecular weight excluding hydrogens is 376 g/mol. The monoisotopic (exact) mass is 400 g/mol. The third-order valence-electron chi connectivity index (χ3n) is 5.44. The van der Waals surface area contributed by atoms with Crippen molar-refractivity contribution in [3.8, 4) is 5.75 Å². The minimum absolute atomic E-state index is 0.0339. The maximum absolute atomic E-state index is 13.1. The highest BCUT2D eigenvalue weighted by Gasteiger charge is 2.34.